The van der Waals surface area contributed by atoms with Gasteiger partial charge in [0.25, 0.3) is 0 Å². The van der Waals surface area contributed by atoms with Crippen LogP contribution in [0.15, 0.2) is 0 Å². The highest BCUT2D eigenvalue weighted by Gasteiger charge is 2.00. The number of nitrogen functional groups attached to an aromatic ring is 2. The molecule has 6 nitrogen and oxygen atoms in total. The van der Waals surface area contributed by atoms with E-state index >= 15 is 0 Å². The van der Waals surface area contributed by atoms with Crippen LogP contribution in [0.3, 0.4) is 0 Å². The lowest BCUT2D eigenvalue weighted by Gasteiger charge is -2.05. The van der Waals surface area contributed by atoms with Crippen molar-refractivity contribution in [3.8, 4) is 0 Å². The molecule has 0 aliphatic rings. The summed E-state index contributed by atoms with van der Waals surface area (Å²) in [5.74, 6) is 0.782. The average molecular weight is 266 g/mol. The Hall–Kier alpha value is -1.59. The van der Waals surface area contributed by atoms with E-state index in [9.17, 15) is 0 Å². The van der Waals surface area contributed by atoms with Crippen LogP contribution in [0.25, 0.3) is 0 Å². The highest BCUT2D eigenvalue weighted by Crippen LogP contribution is 2.09. The van der Waals surface area contributed by atoms with Gasteiger partial charge in [-0.25, -0.2) is 0 Å². The van der Waals surface area contributed by atoms with Gasteiger partial charge in [-0.15, -0.1) is 0 Å². The second-order valence-electron chi connectivity index (χ2n) is 4.78. The van der Waals surface area contributed by atoms with Crippen molar-refractivity contribution in [2.45, 2.75) is 58.3 Å². The van der Waals surface area contributed by atoms with E-state index in [0.717, 1.165) is 13.0 Å². The lowest BCUT2D eigenvalue weighted by molar-refractivity contribution is 0.581. The van der Waals surface area contributed by atoms with Crippen LogP contribution >= 0.6 is 0 Å². The molecule has 1 rings (SSSR count). The maximum atomic E-state index is 5.49. The first-order chi connectivity index (χ1) is 9.22. The SMILES string of the molecule is CCCCCCCCCCNc1nc(N)nc(N)n1. The first-order valence-corrected chi connectivity index (χ1v) is 7.23. The molecule has 0 aliphatic carbocycles. The fourth-order valence-corrected chi connectivity index (χ4v) is 1.95. The molecule has 0 saturated carbocycles. The molecule has 108 valence electrons. The van der Waals surface area contributed by atoms with Crippen LogP contribution in [0, 0.1) is 0 Å². The van der Waals surface area contributed by atoms with Crippen LogP contribution in [0.2, 0.25) is 0 Å². The fraction of sp³-hybridized carbons (Fsp3) is 0.769. The molecule has 0 saturated heterocycles. The third-order valence-electron chi connectivity index (χ3n) is 2.98. The molecule has 0 unspecified atom stereocenters. The van der Waals surface area contributed by atoms with Crippen LogP contribution in [0.4, 0.5) is 17.8 Å². The minimum absolute atomic E-state index is 0.158. The molecule has 1 heterocycles. The Balaban J connectivity index is 2.01. The quantitative estimate of drug-likeness (QED) is 0.562. The van der Waals surface area contributed by atoms with E-state index in [4.69, 9.17) is 11.5 Å². The minimum Gasteiger partial charge on any atom is -0.368 e. The Kier molecular flexibility index (Phi) is 7.62. The molecular formula is C13H26N6. The van der Waals surface area contributed by atoms with Gasteiger partial charge in [-0.2, -0.15) is 15.0 Å². The van der Waals surface area contributed by atoms with E-state index in [1.807, 2.05) is 0 Å². The van der Waals surface area contributed by atoms with Crippen molar-refractivity contribution in [2.24, 2.45) is 0 Å². The molecule has 0 amide bonds. The first-order valence-electron chi connectivity index (χ1n) is 7.23. The maximum absolute atomic E-state index is 5.49. The molecule has 0 bridgehead atoms. The van der Waals surface area contributed by atoms with E-state index in [2.05, 4.69) is 27.2 Å². The second kappa shape index (κ2) is 9.35. The predicted molar refractivity (Wildman–Crippen MR) is 79.8 cm³/mol. The molecule has 6 heteroatoms. The van der Waals surface area contributed by atoms with Crippen LogP contribution < -0.4 is 16.8 Å². The number of rotatable bonds is 10. The van der Waals surface area contributed by atoms with Crippen LogP contribution in [-0.2, 0) is 0 Å². The average Bonchev–Trinajstić information content (AvgIpc) is 2.36. The van der Waals surface area contributed by atoms with Crippen molar-refractivity contribution in [1.29, 1.82) is 0 Å². The number of anilines is 3. The van der Waals surface area contributed by atoms with Gasteiger partial charge in [-0.05, 0) is 6.42 Å². The number of hydrogen-bond acceptors (Lipinski definition) is 6. The topological polar surface area (TPSA) is 103 Å². The summed E-state index contributed by atoms with van der Waals surface area (Å²) in [6.07, 6.45) is 10.4. The Bertz CT molecular complexity index is 335. The summed E-state index contributed by atoms with van der Waals surface area (Å²) >= 11 is 0. The third kappa shape index (κ3) is 7.43. The molecule has 0 atom stereocenters. The van der Waals surface area contributed by atoms with E-state index in [0.29, 0.717) is 5.95 Å². The Morgan fingerprint density at radius 3 is 1.89 bits per heavy atom. The highest BCUT2D eigenvalue weighted by molar-refractivity contribution is 5.36. The van der Waals surface area contributed by atoms with Gasteiger partial charge in [0.2, 0.25) is 17.8 Å². The Labute approximate surface area is 115 Å². The lowest BCUT2D eigenvalue weighted by Crippen LogP contribution is -2.10. The standard InChI is InChI=1S/C13H26N6/c1-2-3-4-5-6-7-8-9-10-16-13-18-11(14)17-12(15)19-13/h2-10H2,1H3,(H5,14,15,16,17,18,19). The van der Waals surface area contributed by atoms with Crippen LogP contribution in [0.5, 0.6) is 0 Å². The number of nitrogens with one attached hydrogen (secondary N) is 1. The normalized spacial score (nSPS) is 10.6. The number of hydrogen-bond donors (Lipinski definition) is 3. The van der Waals surface area contributed by atoms with Crippen molar-refractivity contribution >= 4 is 17.8 Å². The Morgan fingerprint density at radius 1 is 0.789 bits per heavy atom. The van der Waals surface area contributed by atoms with Crippen LogP contribution in [-0.4, -0.2) is 21.5 Å². The van der Waals surface area contributed by atoms with Gasteiger partial charge in [-0.3, -0.25) is 0 Å². The Morgan fingerprint density at radius 2 is 1.32 bits per heavy atom. The van der Waals surface area contributed by atoms with E-state index in [1.54, 1.807) is 0 Å². The van der Waals surface area contributed by atoms with Gasteiger partial charge < -0.3 is 16.8 Å². The van der Waals surface area contributed by atoms with Gasteiger partial charge in [0.15, 0.2) is 0 Å². The van der Waals surface area contributed by atoms with E-state index < -0.39 is 0 Å². The first kappa shape index (κ1) is 15.5. The number of aromatic nitrogens is 3. The zero-order valence-corrected chi connectivity index (χ0v) is 11.9. The van der Waals surface area contributed by atoms with E-state index in [1.165, 1.54) is 44.9 Å². The van der Waals surface area contributed by atoms with Gasteiger partial charge in [0.05, 0.1) is 0 Å². The summed E-state index contributed by atoms with van der Waals surface area (Å²) < 4.78 is 0. The summed E-state index contributed by atoms with van der Waals surface area (Å²) in [7, 11) is 0. The zero-order valence-electron chi connectivity index (χ0n) is 11.9. The van der Waals surface area contributed by atoms with Crippen molar-refractivity contribution in [2.75, 3.05) is 23.3 Å². The molecule has 0 radical (unpaired) electrons. The molecule has 0 aromatic carbocycles. The van der Waals surface area contributed by atoms with E-state index in [-0.39, 0.29) is 11.9 Å². The monoisotopic (exact) mass is 266 g/mol. The number of nitrogens with two attached hydrogens (primary N) is 2. The van der Waals surface area contributed by atoms with Gasteiger partial charge in [0, 0.05) is 6.54 Å². The maximum Gasteiger partial charge on any atom is 0.229 e. The van der Waals surface area contributed by atoms with Gasteiger partial charge in [0.1, 0.15) is 0 Å². The summed E-state index contributed by atoms with van der Waals surface area (Å²) in [5, 5.41) is 3.12. The van der Waals surface area contributed by atoms with Crippen molar-refractivity contribution < 1.29 is 0 Å². The number of nitrogens with zero attached hydrogens (tertiary/aromatic N) is 3. The van der Waals surface area contributed by atoms with Gasteiger partial charge >= 0.3 is 0 Å². The van der Waals surface area contributed by atoms with Crippen molar-refractivity contribution in [3.63, 3.8) is 0 Å². The van der Waals surface area contributed by atoms with Gasteiger partial charge in [-0.1, -0.05) is 51.9 Å². The van der Waals surface area contributed by atoms with Crippen molar-refractivity contribution in [1.82, 2.24) is 15.0 Å². The third-order valence-corrected chi connectivity index (χ3v) is 2.98. The molecule has 19 heavy (non-hydrogen) atoms. The molecular weight excluding hydrogens is 240 g/mol. The summed E-state index contributed by atoms with van der Waals surface area (Å²) in [6.45, 7) is 3.09. The molecule has 5 N–H and O–H groups in total. The van der Waals surface area contributed by atoms with Crippen molar-refractivity contribution in [3.05, 3.63) is 0 Å². The lowest BCUT2D eigenvalue weighted by atomic mass is 10.1. The molecule has 1 aromatic heterocycles. The summed E-state index contributed by atoms with van der Waals surface area (Å²) in [5.41, 5.74) is 11.0. The second-order valence-corrected chi connectivity index (χ2v) is 4.78. The fourth-order valence-electron chi connectivity index (χ4n) is 1.95. The molecule has 0 spiro atoms. The smallest absolute Gasteiger partial charge is 0.229 e. The minimum atomic E-state index is 0.158. The van der Waals surface area contributed by atoms with Crippen LogP contribution in [0.1, 0.15) is 58.3 Å². The summed E-state index contributed by atoms with van der Waals surface area (Å²) in [6, 6.07) is 0. The zero-order chi connectivity index (χ0) is 13.9. The number of unbranched alkanes of at least 4 members (excludes halogenated alkanes) is 7. The molecule has 0 fully saturated rings. The predicted octanol–water partition coefficient (Wildman–Crippen LogP) is 2.59. The summed E-state index contributed by atoms with van der Waals surface area (Å²) in [4.78, 5) is 11.7. The largest absolute Gasteiger partial charge is 0.368 e. The molecule has 0 aliphatic heterocycles. The molecule has 1 aromatic rings. The highest BCUT2D eigenvalue weighted by atomic mass is 15.2.